The van der Waals surface area contributed by atoms with Gasteiger partial charge in [-0.1, -0.05) is 37.3 Å². The average molecular weight is 417 g/mol. The van der Waals surface area contributed by atoms with Gasteiger partial charge in [-0.3, -0.25) is 9.10 Å². The predicted octanol–water partition coefficient (Wildman–Crippen LogP) is 4.34. The number of nitrogens with zero attached hydrogens (tertiary/aromatic N) is 1. The number of rotatable bonds is 7. The van der Waals surface area contributed by atoms with E-state index in [1.807, 2.05) is 52.0 Å². The van der Waals surface area contributed by atoms with E-state index in [9.17, 15) is 13.2 Å². The third kappa shape index (κ3) is 5.38. The Morgan fingerprint density at radius 2 is 1.62 bits per heavy atom. The van der Waals surface area contributed by atoms with E-state index in [0.29, 0.717) is 12.1 Å². The first-order chi connectivity index (χ1) is 13.5. The summed E-state index contributed by atoms with van der Waals surface area (Å²) in [5.41, 5.74) is 5.66. The summed E-state index contributed by atoms with van der Waals surface area (Å²) in [6, 6.07) is 10.7. The molecule has 0 unspecified atom stereocenters. The summed E-state index contributed by atoms with van der Waals surface area (Å²) in [5, 5.41) is 3.04. The Labute approximate surface area is 175 Å². The van der Waals surface area contributed by atoms with Gasteiger partial charge in [-0.15, -0.1) is 0 Å². The molecule has 0 aliphatic heterocycles. The van der Waals surface area contributed by atoms with Crippen molar-refractivity contribution in [2.75, 3.05) is 10.6 Å². The van der Waals surface area contributed by atoms with Crippen LogP contribution in [0, 0.1) is 27.7 Å². The standard InChI is InChI=1S/C23H32N2O3S/c1-8-21(20-12-11-16(3)18(5)14-20)24-23(26)19(6)25(29(7,27)28)22-13-15(2)9-10-17(22)4/h9-14,19,21H,8H2,1-7H3,(H,24,26)/t19-,21+/m1/s1. The van der Waals surface area contributed by atoms with Gasteiger partial charge >= 0.3 is 0 Å². The molecular weight excluding hydrogens is 384 g/mol. The van der Waals surface area contributed by atoms with E-state index in [4.69, 9.17) is 0 Å². The number of nitrogens with one attached hydrogen (secondary N) is 1. The Morgan fingerprint density at radius 3 is 2.17 bits per heavy atom. The SMILES string of the molecule is CC[C@H](NC(=O)[C@@H](C)N(c1cc(C)ccc1C)S(C)(=O)=O)c1ccc(C)c(C)c1. The van der Waals surface area contributed by atoms with Crippen LogP contribution in [0.5, 0.6) is 0 Å². The fraction of sp³-hybridized carbons (Fsp3) is 0.435. The number of hydrogen-bond acceptors (Lipinski definition) is 3. The second-order valence-electron chi connectivity index (χ2n) is 7.84. The van der Waals surface area contributed by atoms with Gasteiger partial charge in [-0.2, -0.15) is 0 Å². The zero-order valence-electron chi connectivity index (χ0n) is 18.4. The van der Waals surface area contributed by atoms with E-state index in [2.05, 4.69) is 18.3 Å². The Kier molecular flexibility index (Phi) is 7.11. The molecule has 0 fully saturated rings. The van der Waals surface area contributed by atoms with Crippen molar-refractivity contribution < 1.29 is 13.2 Å². The van der Waals surface area contributed by atoms with Gasteiger partial charge in [0.2, 0.25) is 15.9 Å². The second kappa shape index (κ2) is 8.99. The number of amides is 1. The van der Waals surface area contributed by atoms with Gasteiger partial charge < -0.3 is 5.32 Å². The van der Waals surface area contributed by atoms with Crippen molar-refractivity contribution in [1.82, 2.24) is 5.32 Å². The molecule has 0 aliphatic carbocycles. The van der Waals surface area contributed by atoms with Crippen molar-refractivity contribution in [2.24, 2.45) is 0 Å². The summed E-state index contributed by atoms with van der Waals surface area (Å²) in [5.74, 6) is -0.318. The summed E-state index contributed by atoms with van der Waals surface area (Å²) >= 11 is 0. The quantitative estimate of drug-likeness (QED) is 0.730. The lowest BCUT2D eigenvalue weighted by atomic mass is 9.99. The Bertz CT molecular complexity index is 999. The molecule has 0 radical (unpaired) electrons. The van der Waals surface area contributed by atoms with Crippen molar-refractivity contribution >= 4 is 21.6 Å². The molecule has 0 spiro atoms. The number of carbonyl (C=O) groups is 1. The summed E-state index contributed by atoms with van der Waals surface area (Å²) in [7, 11) is -3.65. The molecule has 0 bridgehead atoms. The van der Waals surface area contributed by atoms with E-state index in [1.165, 1.54) is 9.87 Å². The molecule has 0 heterocycles. The highest BCUT2D eigenvalue weighted by molar-refractivity contribution is 7.92. The highest BCUT2D eigenvalue weighted by Gasteiger charge is 2.31. The van der Waals surface area contributed by atoms with E-state index >= 15 is 0 Å². The van der Waals surface area contributed by atoms with E-state index in [-0.39, 0.29) is 11.9 Å². The maximum atomic E-state index is 13.1. The monoisotopic (exact) mass is 416 g/mol. The van der Waals surface area contributed by atoms with Crippen molar-refractivity contribution in [3.63, 3.8) is 0 Å². The fourth-order valence-electron chi connectivity index (χ4n) is 3.43. The fourth-order valence-corrected chi connectivity index (χ4v) is 4.66. The van der Waals surface area contributed by atoms with Crippen LogP contribution in [-0.4, -0.2) is 26.6 Å². The normalized spacial score (nSPS) is 13.6. The maximum Gasteiger partial charge on any atom is 0.244 e. The van der Waals surface area contributed by atoms with E-state index in [0.717, 1.165) is 28.5 Å². The first-order valence-corrected chi connectivity index (χ1v) is 11.7. The zero-order chi connectivity index (χ0) is 21.9. The van der Waals surface area contributed by atoms with Gasteiger partial charge in [0.15, 0.2) is 0 Å². The van der Waals surface area contributed by atoms with Gasteiger partial charge in [-0.25, -0.2) is 8.42 Å². The highest BCUT2D eigenvalue weighted by atomic mass is 32.2. The molecular formula is C23H32N2O3S. The minimum atomic E-state index is -3.65. The smallest absolute Gasteiger partial charge is 0.244 e. The third-order valence-electron chi connectivity index (χ3n) is 5.35. The minimum Gasteiger partial charge on any atom is -0.347 e. The first kappa shape index (κ1) is 22.9. The molecule has 2 aromatic rings. The van der Waals surface area contributed by atoms with Gasteiger partial charge in [0.25, 0.3) is 0 Å². The number of carbonyl (C=O) groups excluding carboxylic acids is 1. The number of hydrogen-bond donors (Lipinski definition) is 1. The Morgan fingerprint density at radius 1 is 1.00 bits per heavy atom. The summed E-state index contributed by atoms with van der Waals surface area (Å²) < 4.78 is 26.4. The molecule has 6 heteroatoms. The predicted molar refractivity (Wildman–Crippen MR) is 120 cm³/mol. The molecule has 0 aliphatic rings. The number of aryl methyl sites for hydroxylation is 4. The van der Waals surface area contributed by atoms with Crippen LogP contribution in [0.2, 0.25) is 0 Å². The van der Waals surface area contributed by atoms with Crippen molar-refractivity contribution in [3.8, 4) is 0 Å². The van der Waals surface area contributed by atoms with Gasteiger partial charge in [0.1, 0.15) is 6.04 Å². The van der Waals surface area contributed by atoms with Gasteiger partial charge in [0.05, 0.1) is 18.0 Å². The van der Waals surface area contributed by atoms with Crippen LogP contribution in [-0.2, 0) is 14.8 Å². The third-order valence-corrected chi connectivity index (χ3v) is 6.58. The van der Waals surface area contributed by atoms with E-state index in [1.54, 1.807) is 13.0 Å². The highest BCUT2D eigenvalue weighted by Crippen LogP contribution is 2.27. The van der Waals surface area contributed by atoms with Crippen LogP contribution in [0.3, 0.4) is 0 Å². The maximum absolute atomic E-state index is 13.1. The summed E-state index contributed by atoms with van der Waals surface area (Å²) in [4.78, 5) is 13.1. The van der Waals surface area contributed by atoms with E-state index < -0.39 is 16.1 Å². The van der Waals surface area contributed by atoms with Crippen molar-refractivity contribution in [1.29, 1.82) is 0 Å². The minimum absolute atomic E-state index is 0.177. The summed E-state index contributed by atoms with van der Waals surface area (Å²) in [6.07, 6.45) is 1.85. The molecule has 158 valence electrons. The van der Waals surface area contributed by atoms with Gasteiger partial charge in [-0.05, 0) is 74.9 Å². The molecule has 0 saturated carbocycles. The lowest BCUT2D eigenvalue weighted by Gasteiger charge is -2.31. The van der Waals surface area contributed by atoms with Gasteiger partial charge in [0, 0.05) is 0 Å². The van der Waals surface area contributed by atoms with Crippen LogP contribution < -0.4 is 9.62 Å². The number of sulfonamides is 1. The van der Waals surface area contributed by atoms with Crippen molar-refractivity contribution in [3.05, 3.63) is 64.2 Å². The number of benzene rings is 2. The zero-order valence-corrected chi connectivity index (χ0v) is 19.2. The Balaban J connectivity index is 2.35. The second-order valence-corrected chi connectivity index (χ2v) is 9.70. The Hall–Kier alpha value is -2.34. The molecule has 29 heavy (non-hydrogen) atoms. The van der Waals surface area contributed by atoms with Crippen LogP contribution in [0.4, 0.5) is 5.69 Å². The molecule has 2 atom stereocenters. The molecule has 1 amide bonds. The molecule has 1 N–H and O–H groups in total. The van der Waals surface area contributed by atoms with Crippen LogP contribution in [0.1, 0.15) is 54.1 Å². The molecule has 0 saturated heterocycles. The topological polar surface area (TPSA) is 66.5 Å². The van der Waals surface area contributed by atoms with Crippen LogP contribution in [0.25, 0.3) is 0 Å². The average Bonchev–Trinajstić information content (AvgIpc) is 2.63. The molecule has 5 nitrogen and oxygen atoms in total. The van der Waals surface area contributed by atoms with Crippen LogP contribution >= 0.6 is 0 Å². The van der Waals surface area contributed by atoms with Crippen LogP contribution in [0.15, 0.2) is 36.4 Å². The molecule has 2 aromatic carbocycles. The largest absolute Gasteiger partial charge is 0.347 e. The molecule has 0 aromatic heterocycles. The van der Waals surface area contributed by atoms with Crippen molar-refractivity contribution in [2.45, 2.75) is 60.0 Å². The lowest BCUT2D eigenvalue weighted by Crippen LogP contribution is -2.48. The summed E-state index contributed by atoms with van der Waals surface area (Å²) in [6.45, 7) is 11.5. The number of anilines is 1. The molecule has 2 rings (SSSR count). The first-order valence-electron chi connectivity index (χ1n) is 9.89. The lowest BCUT2D eigenvalue weighted by molar-refractivity contribution is -0.122.